The van der Waals surface area contributed by atoms with Crippen LogP contribution in [0.5, 0.6) is 0 Å². The summed E-state index contributed by atoms with van der Waals surface area (Å²) < 4.78 is 26.0. The Morgan fingerprint density at radius 3 is 2.41 bits per heavy atom. The molecular formula is C26H30FN2O2P. The van der Waals surface area contributed by atoms with Gasteiger partial charge in [0.1, 0.15) is 13.0 Å². The molecule has 0 radical (unpaired) electrons. The number of pyridine rings is 1. The molecule has 0 spiro atoms. The molecule has 1 saturated carbocycles. The summed E-state index contributed by atoms with van der Waals surface area (Å²) in [5.41, 5.74) is 2.72. The minimum atomic E-state index is -2.30. The van der Waals surface area contributed by atoms with Gasteiger partial charge in [0.2, 0.25) is 5.91 Å². The first kappa shape index (κ1) is 22.7. The Kier molecular flexibility index (Phi) is 6.48. The van der Waals surface area contributed by atoms with Gasteiger partial charge < -0.3 is 9.88 Å². The van der Waals surface area contributed by atoms with Gasteiger partial charge in [0.15, 0.2) is 0 Å². The first-order valence-electron chi connectivity index (χ1n) is 11.2. The third-order valence-corrected chi connectivity index (χ3v) is 8.37. The average Bonchev–Trinajstić information content (AvgIpc) is 2.78. The van der Waals surface area contributed by atoms with E-state index in [0.29, 0.717) is 11.8 Å². The van der Waals surface area contributed by atoms with Crippen molar-refractivity contribution in [3.63, 3.8) is 0 Å². The zero-order valence-corrected chi connectivity index (χ0v) is 19.7. The first-order valence-corrected chi connectivity index (χ1v) is 13.8. The number of anilines is 1. The summed E-state index contributed by atoms with van der Waals surface area (Å²) in [7, 11) is -2.30. The van der Waals surface area contributed by atoms with Crippen molar-refractivity contribution >= 4 is 34.9 Å². The van der Waals surface area contributed by atoms with Crippen LogP contribution < -0.4 is 10.6 Å². The van der Waals surface area contributed by atoms with Crippen LogP contribution in [0.4, 0.5) is 10.1 Å². The third kappa shape index (κ3) is 4.94. The zero-order valence-electron chi connectivity index (χ0n) is 18.8. The largest absolute Gasteiger partial charge is 0.326 e. The van der Waals surface area contributed by atoms with E-state index in [1.165, 1.54) is 6.07 Å². The van der Waals surface area contributed by atoms with Crippen LogP contribution in [0.2, 0.25) is 0 Å². The van der Waals surface area contributed by atoms with E-state index in [-0.39, 0.29) is 17.6 Å². The molecule has 1 atom stereocenters. The minimum absolute atomic E-state index is 0.0220. The Morgan fingerprint density at radius 1 is 1.06 bits per heavy atom. The molecule has 1 aromatic heterocycles. The number of amides is 1. The van der Waals surface area contributed by atoms with E-state index in [4.69, 9.17) is 0 Å². The molecular weight excluding hydrogens is 422 g/mol. The van der Waals surface area contributed by atoms with Gasteiger partial charge in [-0.2, -0.15) is 0 Å². The lowest BCUT2D eigenvalue weighted by Gasteiger charge is -2.32. The number of nitrogens with zero attached hydrogens (tertiary/aromatic N) is 1. The molecule has 1 aliphatic rings. The average molecular weight is 453 g/mol. The molecule has 0 saturated heterocycles. The van der Waals surface area contributed by atoms with Crippen LogP contribution in [-0.2, 0) is 9.36 Å². The summed E-state index contributed by atoms with van der Waals surface area (Å²) >= 11 is 0. The minimum Gasteiger partial charge on any atom is -0.326 e. The quantitative estimate of drug-likeness (QED) is 0.471. The van der Waals surface area contributed by atoms with E-state index < -0.39 is 7.14 Å². The highest BCUT2D eigenvalue weighted by Gasteiger charge is 2.30. The lowest BCUT2D eigenvalue weighted by molar-refractivity contribution is -0.121. The van der Waals surface area contributed by atoms with Crippen molar-refractivity contribution in [3.05, 3.63) is 66.1 Å². The van der Waals surface area contributed by atoms with Gasteiger partial charge in [-0.25, -0.2) is 4.39 Å². The third-order valence-electron chi connectivity index (χ3n) is 6.83. The molecule has 6 heteroatoms. The van der Waals surface area contributed by atoms with Crippen LogP contribution in [0.25, 0.3) is 10.9 Å². The number of fused-ring (bicyclic) bond motifs is 1. The summed E-state index contributed by atoms with van der Waals surface area (Å²) in [6, 6.07) is 14.1. The van der Waals surface area contributed by atoms with Crippen molar-refractivity contribution < 1.29 is 13.8 Å². The fourth-order valence-corrected chi connectivity index (χ4v) is 5.67. The van der Waals surface area contributed by atoms with Gasteiger partial charge in [-0.3, -0.25) is 9.78 Å². The van der Waals surface area contributed by atoms with Crippen molar-refractivity contribution in [2.75, 3.05) is 18.6 Å². The highest BCUT2D eigenvalue weighted by Crippen LogP contribution is 2.41. The molecule has 1 unspecified atom stereocenters. The number of rotatable bonds is 5. The van der Waals surface area contributed by atoms with Crippen molar-refractivity contribution in [1.29, 1.82) is 0 Å². The monoisotopic (exact) mass is 452 g/mol. The number of benzene rings is 2. The van der Waals surface area contributed by atoms with Gasteiger partial charge in [0.25, 0.3) is 0 Å². The second-order valence-electron chi connectivity index (χ2n) is 9.35. The van der Waals surface area contributed by atoms with E-state index in [1.54, 1.807) is 31.7 Å². The molecule has 0 bridgehead atoms. The topological polar surface area (TPSA) is 59.1 Å². The summed E-state index contributed by atoms with van der Waals surface area (Å²) in [4.78, 5) is 17.2. The normalized spacial score (nSPS) is 20.1. The summed E-state index contributed by atoms with van der Waals surface area (Å²) in [6.45, 7) is 5.48. The second-order valence-corrected chi connectivity index (χ2v) is 12.6. The van der Waals surface area contributed by atoms with Gasteiger partial charge in [0, 0.05) is 28.5 Å². The Morgan fingerprint density at radius 2 is 1.75 bits per heavy atom. The van der Waals surface area contributed by atoms with Crippen LogP contribution in [0, 0.1) is 17.7 Å². The lowest BCUT2D eigenvalue weighted by atomic mass is 9.73. The number of carbonyl (C=O) groups is 1. The number of carbonyl (C=O) groups excluding carboxylic acids is 1. The number of nitrogens with one attached hydrogen (secondary N) is 1. The highest BCUT2D eigenvalue weighted by molar-refractivity contribution is 7.70. The highest BCUT2D eigenvalue weighted by atomic mass is 31.2. The Hall–Kier alpha value is -2.52. The molecule has 1 aliphatic carbocycles. The van der Waals surface area contributed by atoms with Crippen molar-refractivity contribution in [1.82, 2.24) is 4.98 Å². The van der Waals surface area contributed by atoms with Crippen LogP contribution in [0.1, 0.15) is 44.1 Å². The number of halogens is 1. The van der Waals surface area contributed by atoms with Crippen LogP contribution in [0.15, 0.2) is 54.7 Å². The van der Waals surface area contributed by atoms with Crippen LogP contribution >= 0.6 is 7.14 Å². The molecule has 1 N–H and O–H groups in total. The number of aromatic nitrogens is 1. The van der Waals surface area contributed by atoms with Crippen molar-refractivity contribution in [2.24, 2.45) is 11.8 Å². The fourth-order valence-electron chi connectivity index (χ4n) is 4.80. The van der Waals surface area contributed by atoms with Crippen molar-refractivity contribution in [3.8, 4) is 0 Å². The number of hydrogen-bond donors (Lipinski definition) is 1. The standard InChI is InChI=1S/C26H30FN2O2P/c1-17(26(30)29-21-9-11-22(12-10-21)32(2,3)31)18-4-6-19(7-5-18)23-14-15-28-25-13-8-20(27)16-24(23)25/h8-19H,4-7H2,1-3H3,(H,29,30)/t17?,18-,19-. The maximum Gasteiger partial charge on any atom is 0.227 e. The van der Waals surface area contributed by atoms with E-state index >= 15 is 0 Å². The molecule has 4 rings (SSSR count). The van der Waals surface area contributed by atoms with Gasteiger partial charge >= 0.3 is 0 Å². The predicted octanol–water partition coefficient (Wildman–Crippen LogP) is 6.17. The smallest absolute Gasteiger partial charge is 0.227 e. The summed E-state index contributed by atoms with van der Waals surface area (Å²) in [5.74, 6) is 0.376. The van der Waals surface area contributed by atoms with Gasteiger partial charge in [0.05, 0.1) is 5.52 Å². The summed E-state index contributed by atoms with van der Waals surface area (Å²) in [5, 5.41) is 4.72. The fraction of sp³-hybridized carbons (Fsp3) is 0.385. The molecule has 3 aromatic rings. The maximum atomic E-state index is 13.8. The maximum absolute atomic E-state index is 13.8. The van der Waals surface area contributed by atoms with Crippen LogP contribution in [0.3, 0.4) is 0 Å². The van der Waals surface area contributed by atoms with Gasteiger partial charge in [-0.1, -0.05) is 6.92 Å². The molecule has 1 heterocycles. The van der Waals surface area contributed by atoms with Gasteiger partial charge in [-0.05, 0) is 105 Å². The SMILES string of the molecule is CC(C(=O)Nc1ccc(P(C)(C)=O)cc1)[C@H]1CC[C@H](c2ccnc3ccc(F)cc32)CC1. The molecule has 0 aliphatic heterocycles. The summed E-state index contributed by atoms with van der Waals surface area (Å²) in [6.07, 6.45) is 5.70. The van der Waals surface area contributed by atoms with E-state index in [2.05, 4.69) is 10.3 Å². The van der Waals surface area contributed by atoms with Gasteiger partial charge in [-0.15, -0.1) is 0 Å². The Balaban J connectivity index is 1.38. The Labute approximate surface area is 189 Å². The van der Waals surface area contributed by atoms with Crippen molar-refractivity contribution in [2.45, 2.75) is 38.5 Å². The Bertz CT molecular complexity index is 1160. The second kappa shape index (κ2) is 9.15. The zero-order chi connectivity index (χ0) is 22.9. The van der Waals surface area contributed by atoms with Crippen LogP contribution in [-0.4, -0.2) is 24.2 Å². The molecule has 1 fully saturated rings. The first-order chi connectivity index (χ1) is 15.2. The molecule has 32 heavy (non-hydrogen) atoms. The van der Waals surface area contributed by atoms with E-state index in [0.717, 1.165) is 53.1 Å². The van der Waals surface area contributed by atoms with E-state index in [1.807, 2.05) is 37.3 Å². The number of hydrogen-bond acceptors (Lipinski definition) is 3. The molecule has 168 valence electrons. The predicted molar refractivity (Wildman–Crippen MR) is 130 cm³/mol. The molecule has 2 aromatic carbocycles. The molecule has 1 amide bonds. The van der Waals surface area contributed by atoms with E-state index in [9.17, 15) is 13.8 Å². The lowest BCUT2D eigenvalue weighted by Crippen LogP contribution is -2.29. The molecule has 4 nitrogen and oxygen atoms in total.